The third kappa shape index (κ3) is 3.44. The number of aryl methyl sites for hydroxylation is 2. The van der Waals surface area contributed by atoms with Gasteiger partial charge in [-0.1, -0.05) is 6.07 Å². The van der Waals surface area contributed by atoms with Gasteiger partial charge in [-0.25, -0.2) is 24.9 Å². The van der Waals surface area contributed by atoms with Crippen LogP contribution in [0.25, 0.3) is 33.8 Å². The molecule has 1 saturated carbocycles. The lowest BCUT2D eigenvalue weighted by atomic mass is 9.86. The average Bonchev–Trinajstić information content (AvgIpc) is 3.52. The van der Waals surface area contributed by atoms with Gasteiger partial charge in [-0.15, -0.1) is 0 Å². The summed E-state index contributed by atoms with van der Waals surface area (Å²) in [5.74, 6) is 1.59. The van der Waals surface area contributed by atoms with Crippen molar-refractivity contribution >= 4 is 28.7 Å². The van der Waals surface area contributed by atoms with Crippen LogP contribution in [0, 0.1) is 12.8 Å². The molecule has 0 radical (unpaired) electrons. The van der Waals surface area contributed by atoms with Crippen molar-refractivity contribution in [2.24, 2.45) is 5.92 Å². The lowest BCUT2D eigenvalue weighted by Gasteiger charge is -2.35. The van der Waals surface area contributed by atoms with E-state index >= 15 is 0 Å². The summed E-state index contributed by atoms with van der Waals surface area (Å²) in [5.41, 5.74) is 4.56. The smallest absolute Gasteiger partial charge is 0.257 e. The summed E-state index contributed by atoms with van der Waals surface area (Å²) >= 11 is 0. The molecule has 0 bridgehead atoms. The first-order valence-electron chi connectivity index (χ1n) is 14.2. The first-order valence-corrected chi connectivity index (χ1v) is 14.2. The highest BCUT2D eigenvalue weighted by Crippen LogP contribution is 2.53. The van der Waals surface area contributed by atoms with Gasteiger partial charge in [0.15, 0.2) is 5.65 Å². The first kappa shape index (κ1) is 24.8. The van der Waals surface area contributed by atoms with E-state index in [4.69, 9.17) is 4.98 Å². The van der Waals surface area contributed by atoms with Gasteiger partial charge in [0, 0.05) is 48.6 Å². The fraction of sp³-hybridized carbons (Fsp3) is 0.433. The maximum Gasteiger partial charge on any atom is 0.257 e. The van der Waals surface area contributed by atoms with Crippen molar-refractivity contribution in [2.45, 2.75) is 71.5 Å². The van der Waals surface area contributed by atoms with Crippen LogP contribution in [0.4, 0.5) is 5.69 Å². The zero-order valence-electron chi connectivity index (χ0n) is 23.3. The van der Waals surface area contributed by atoms with Crippen LogP contribution in [0.3, 0.4) is 0 Å². The molecule has 10 heteroatoms. The van der Waals surface area contributed by atoms with Gasteiger partial charge in [-0.05, 0) is 65.5 Å². The van der Waals surface area contributed by atoms with Gasteiger partial charge in [-0.3, -0.25) is 9.59 Å². The Morgan fingerprint density at radius 1 is 1.10 bits per heavy atom. The molecule has 40 heavy (non-hydrogen) atoms. The first-order chi connectivity index (χ1) is 19.3. The number of likely N-dealkylation sites (tertiary alicyclic amines) is 1. The Labute approximate surface area is 232 Å². The van der Waals surface area contributed by atoms with Gasteiger partial charge in [0.1, 0.15) is 34.7 Å². The van der Waals surface area contributed by atoms with Gasteiger partial charge in [-0.2, -0.15) is 0 Å². The molecule has 10 nitrogen and oxygen atoms in total. The predicted octanol–water partition coefficient (Wildman–Crippen LogP) is 4.26. The van der Waals surface area contributed by atoms with Crippen LogP contribution >= 0.6 is 0 Å². The molecule has 0 N–H and O–H groups in total. The summed E-state index contributed by atoms with van der Waals surface area (Å²) < 4.78 is 2.04. The Morgan fingerprint density at radius 2 is 1.88 bits per heavy atom. The molecule has 5 heterocycles. The number of anilines is 1. The number of benzene rings is 1. The second-order valence-electron chi connectivity index (χ2n) is 11.3. The van der Waals surface area contributed by atoms with E-state index < -0.39 is 5.54 Å². The number of hydrogen-bond acceptors (Lipinski definition) is 7. The molecule has 2 amide bonds. The van der Waals surface area contributed by atoms with Crippen LogP contribution in [-0.2, 0) is 21.7 Å². The molecule has 204 valence electrons. The quantitative estimate of drug-likeness (QED) is 0.375. The Hall–Kier alpha value is -4.21. The van der Waals surface area contributed by atoms with Crippen molar-refractivity contribution in [3.8, 4) is 22.6 Å². The highest BCUT2D eigenvalue weighted by molar-refractivity contribution is 6.11. The normalized spacial score (nSPS) is 20.4. The summed E-state index contributed by atoms with van der Waals surface area (Å²) in [6, 6.07) is 6.05. The number of fused-ring (bicyclic) bond motifs is 3. The predicted molar refractivity (Wildman–Crippen MR) is 150 cm³/mol. The number of rotatable bonds is 5. The van der Waals surface area contributed by atoms with Gasteiger partial charge >= 0.3 is 0 Å². The van der Waals surface area contributed by atoms with Gasteiger partial charge in [0.25, 0.3) is 5.91 Å². The molecule has 4 aromatic rings. The van der Waals surface area contributed by atoms with Crippen LogP contribution in [0.1, 0.15) is 57.8 Å². The molecule has 3 aromatic heterocycles. The number of nitrogens with zero attached hydrogens (tertiary/aromatic N) is 8. The molecule has 1 aliphatic carbocycles. The van der Waals surface area contributed by atoms with Crippen molar-refractivity contribution in [1.29, 1.82) is 0 Å². The van der Waals surface area contributed by atoms with Crippen molar-refractivity contribution < 1.29 is 9.59 Å². The molecule has 1 atom stereocenters. The monoisotopic (exact) mass is 536 g/mol. The number of aromatic nitrogens is 6. The number of amides is 2. The molecule has 1 saturated heterocycles. The van der Waals surface area contributed by atoms with Crippen molar-refractivity contribution in [2.75, 3.05) is 11.4 Å². The van der Waals surface area contributed by atoms with Crippen molar-refractivity contribution in [3.63, 3.8) is 0 Å². The Balaban J connectivity index is 1.41. The Morgan fingerprint density at radius 3 is 2.58 bits per heavy atom. The van der Waals surface area contributed by atoms with E-state index in [9.17, 15) is 9.59 Å². The highest BCUT2D eigenvalue weighted by atomic mass is 16.2. The highest BCUT2D eigenvalue weighted by Gasteiger charge is 2.60. The van der Waals surface area contributed by atoms with Gasteiger partial charge in [0.2, 0.25) is 5.91 Å². The Bertz CT molecular complexity index is 1670. The summed E-state index contributed by atoms with van der Waals surface area (Å²) in [6.45, 7) is 9.23. The largest absolute Gasteiger partial charge is 0.324 e. The number of carbonyl (C=O) groups is 2. The summed E-state index contributed by atoms with van der Waals surface area (Å²) in [7, 11) is 0. The van der Waals surface area contributed by atoms with E-state index in [2.05, 4.69) is 32.9 Å². The zero-order chi connectivity index (χ0) is 27.8. The third-order valence-electron chi connectivity index (χ3n) is 8.53. The van der Waals surface area contributed by atoms with Crippen molar-refractivity contribution in [3.05, 3.63) is 48.3 Å². The molecule has 2 aliphatic heterocycles. The van der Waals surface area contributed by atoms with E-state index in [1.54, 1.807) is 18.7 Å². The molecule has 1 aromatic carbocycles. The fourth-order valence-corrected chi connectivity index (χ4v) is 6.51. The van der Waals surface area contributed by atoms with E-state index in [1.165, 1.54) is 0 Å². The van der Waals surface area contributed by atoms with Crippen molar-refractivity contribution in [1.82, 2.24) is 34.4 Å². The molecular formula is C30H32N8O2. The average molecular weight is 537 g/mol. The lowest BCUT2D eigenvalue weighted by Crippen LogP contribution is -2.53. The second-order valence-corrected chi connectivity index (χ2v) is 11.3. The molecular weight excluding hydrogens is 504 g/mol. The minimum atomic E-state index is -0.964. The Kier molecular flexibility index (Phi) is 5.52. The SMILES string of the molecule is CCn1c(-c2cnc(C)nc2)nc2c(-c3ccc4c(c3)[C@@]3(CCCN3C(=O)C3CC3)C(=O)N4C(C)C)ncnc21. The third-order valence-corrected chi connectivity index (χ3v) is 8.53. The number of carbonyl (C=O) groups excluding carboxylic acids is 2. The van der Waals surface area contributed by atoms with Gasteiger partial charge < -0.3 is 14.4 Å². The molecule has 1 spiro atoms. The van der Waals surface area contributed by atoms with E-state index in [0.29, 0.717) is 36.5 Å². The standard InChI is InChI=1S/C30H32N8O2/c1-5-36-26(21-14-31-18(4)32-15-21)35-25-24(33-16-34-27(25)36)20-9-10-23-22(13-20)30(29(40)38(23)17(2)3)11-6-12-37(30)28(39)19-7-8-19/h9-10,13-17,19H,5-8,11-12H2,1-4H3/t30-/m0/s1. The van der Waals surface area contributed by atoms with Crippen LogP contribution in [0.5, 0.6) is 0 Å². The summed E-state index contributed by atoms with van der Waals surface area (Å²) in [6.07, 6.45) is 8.38. The minimum absolute atomic E-state index is 0.00547. The van der Waals surface area contributed by atoms with Gasteiger partial charge in [0.05, 0.1) is 11.3 Å². The van der Waals surface area contributed by atoms with Crippen LogP contribution in [0.2, 0.25) is 0 Å². The summed E-state index contributed by atoms with van der Waals surface area (Å²) in [5, 5.41) is 0. The molecule has 3 aliphatic rings. The molecule has 0 unspecified atom stereocenters. The van der Waals surface area contributed by atoms with Crippen LogP contribution in [-0.4, -0.2) is 58.8 Å². The van der Waals surface area contributed by atoms with E-state index in [1.807, 2.05) is 47.3 Å². The zero-order valence-corrected chi connectivity index (χ0v) is 23.3. The maximum atomic E-state index is 14.2. The number of hydrogen-bond donors (Lipinski definition) is 0. The fourth-order valence-electron chi connectivity index (χ4n) is 6.51. The number of imidazole rings is 1. The van der Waals surface area contributed by atoms with E-state index in [0.717, 1.165) is 53.1 Å². The van der Waals surface area contributed by atoms with Crippen LogP contribution in [0.15, 0.2) is 36.9 Å². The van der Waals surface area contributed by atoms with Crippen LogP contribution < -0.4 is 4.90 Å². The van der Waals surface area contributed by atoms with E-state index in [-0.39, 0.29) is 23.8 Å². The summed E-state index contributed by atoms with van der Waals surface area (Å²) in [4.78, 5) is 54.4. The second kappa shape index (κ2) is 8.90. The molecule has 2 fully saturated rings. The molecule has 7 rings (SSSR count). The lowest BCUT2D eigenvalue weighted by molar-refractivity contribution is -0.144. The minimum Gasteiger partial charge on any atom is -0.324 e. The topological polar surface area (TPSA) is 110 Å². The maximum absolute atomic E-state index is 14.2.